The predicted octanol–water partition coefficient (Wildman–Crippen LogP) is 3.57. The normalized spacial score (nSPS) is 17.9. The Kier molecular flexibility index (Phi) is 3.20. The highest BCUT2D eigenvalue weighted by Crippen LogP contribution is 2.22. The molecule has 0 heterocycles. The molecule has 0 aliphatic carbocycles. The summed E-state index contributed by atoms with van der Waals surface area (Å²) in [5, 5.41) is 1.35. The highest BCUT2D eigenvalue weighted by Gasteiger charge is 2.28. The van der Waals surface area contributed by atoms with Crippen molar-refractivity contribution in [3.05, 3.63) is 42.5 Å². The van der Waals surface area contributed by atoms with E-state index in [2.05, 4.69) is 37.4 Å². The van der Waals surface area contributed by atoms with Gasteiger partial charge in [-0.15, -0.1) is 0 Å². The third-order valence-corrected chi connectivity index (χ3v) is 6.81. The Bertz CT molecular complexity index is 339. The Hall–Kier alpha value is -0.823. The molecule has 1 rings (SSSR count). The van der Waals surface area contributed by atoms with Crippen LogP contribution in [-0.2, 0) is 0 Å². The van der Waals surface area contributed by atoms with Gasteiger partial charge in [-0.3, -0.25) is 0 Å². The molecule has 0 fully saturated rings. The number of rotatable bonds is 3. The summed E-state index contributed by atoms with van der Waals surface area (Å²) < 4.78 is 8.44. The number of benzene rings is 1. The van der Waals surface area contributed by atoms with Gasteiger partial charge in [0.05, 0.1) is 8.07 Å². The van der Waals surface area contributed by atoms with Gasteiger partial charge in [-0.2, -0.15) is 0 Å². The van der Waals surface area contributed by atoms with Gasteiger partial charge in [-0.05, 0) is 12.4 Å². The zero-order chi connectivity index (χ0) is 11.5. The SMILES string of the molecule is [2H][C@@](C)(/C=C/C)[Si](C)(C)c1ccccc1. The second-order valence-electron chi connectivity index (χ2n) is 4.17. The Morgan fingerprint density at radius 3 is 2.36 bits per heavy atom. The van der Waals surface area contributed by atoms with Crippen LogP contribution in [0.15, 0.2) is 42.5 Å². The first-order valence-electron chi connectivity index (χ1n) is 5.61. The largest absolute Gasteiger partial charge is 0.0917 e. The summed E-state index contributed by atoms with van der Waals surface area (Å²) in [5.74, 6) is 0. The van der Waals surface area contributed by atoms with Gasteiger partial charge in [0.1, 0.15) is 0 Å². The van der Waals surface area contributed by atoms with Gasteiger partial charge in [0.2, 0.25) is 0 Å². The molecule has 0 aromatic heterocycles. The van der Waals surface area contributed by atoms with E-state index in [0.717, 1.165) is 0 Å². The van der Waals surface area contributed by atoms with Gasteiger partial charge >= 0.3 is 0 Å². The number of allylic oxidation sites excluding steroid dienone is 2. The van der Waals surface area contributed by atoms with E-state index in [9.17, 15) is 0 Å². The lowest BCUT2D eigenvalue weighted by molar-refractivity contribution is 1.13. The van der Waals surface area contributed by atoms with E-state index in [0.29, 0.717) is 0 Å². The minimum absolute atomic E-state index is 0.441. The van der Waals surface area contributed by atoms with Crippen molar-refractivity contribution in [1.29, 1.82) is 0 Å². The minimum Gasteiger partial charge on any atom is -0.0917 e. The van der Waals surface area contributed by atoms with Gasteiger partial charge in [-0.25, -0.2) is 0 Å². The summed E-state index contributed by atoms with van der Waals surface area (Å²) in [6.07, 6.45) is 4.01. The quantitative estimate of drug-likeness (QED) is 0.523. The summed E-state index contributed by atoms with van der Waals surface area (Å²) in [4.78, 5) is 0. The molecular formula is C13H20Si. The molecule has 0 radical (unpaired) electrons. The van der Waals surface area contributed by atoms with Crippen molar-refractivity contribution in [3.63, 3.8) is 0 Å². The van der Waals surface area contributed by atoms with Crippen molar-refractivity contribution in [3.8, 4) is 0 Å². The summed E-state index contributed by atoms with van der Waals surface area (Å²) in [6.45, 7) is 8.53. The van der Waals surface area contributed by atoms with E-state index in [1.165, 1.54) is 5.19 Å². The monoisotopic (exact) mass is 205 g/mol. The van der Waals surface area contributed by atoms with E-state index < -0.39 is 13.6 Å². The zero-order valence-corrected chi connectivity index (χ0v) is 10.5. The second-order valence-corrected chi connectivity index (χ2v) is 8.79. The molecule has 0 bridgehead atoms. The Morgan fingerprint density at radius 1 is 1.29 bits per heavy atom. The van der Waals surface area contributed by atoms with Gasteiger partial charge in [0.15, 0.2) is 0 Å². The molecule has 14 heavy (non-hydrogen) atoms. The molecule has 0 spiro atoms. The fourth-order valence-electron chi connectivity index (χ4n) is 1.54. The van der Waals surface area contributed by atoms with Crippen LogP contribution in [0.2, 0.25) is 18.6 Å². The molecule has 76 valence electrons. The summed E-state index contributed by atoms with van der Waals surface area (Å²) in [7, 11) is -1.75. The Morgan fingerprint density at radius 2 is 1.86 bits per heavy atom. The average molecular weight is 205 g/mol. The first-order valence-corrected chi connectivity index (χ1v) is 8.11. The van der Waals surface area contributed by atoms with Gasteiger partial charge < -0.3 is 0 Å². The van der Waals surface area contributed by atoms with Crippen molar-refractivity contribution in [2.45, 2.75) is 32.5 Å². The zero-order valence-electron chi connectivity index (χ0n) is 10.5. The molecule has 1 atom stereocenters. The van der Waals surface area contributed by atoms with E-state index in [1.807, 2.05) is 32.1 Å². The first-order chi connectivity index (χ1) is 6.92. The fourth-order valence-corrected chi connectivity index (χ4v) is 3.61. The third-order valence-electron chi connectivity index (χ3n) is 2.90. The maximum absolute atomic E-state index is 8.44. The molecule has 0 aliphatic heterocycles. The van der Waals surface area contributed by atoms with Crippen LogP contribution in [0.5, 0.6) is 0 Å². The standard InChI is InChI=1S/C13H20Si/c1-5-9-12(2)14(3,4)13-10-7-6-8-11-13/h5-12H,1-4H3/b9-5+/t12-/m1/s1/i12D. The van der Waals surface area contributed by atoms with Crippen molar-refractivity contribution in [2.75, 3.05) is 0 Å². The van der Waals surface area contributed by atoms with E-state index in [-0.39, 0.29) is 0 Å². The molecule has 0 saturated heterocycles. The van der Waals surface area contributed by atoms with Crippen LogP contribution >= 0.6 is 0 Å². The summed E-state index contributed by atoms with van der Waals surface area (Å²) in [5.41, 5.74) is -0.441. The molecule has 0 amide bonds. The van der Waals surface area contributed by atoms with Crippen LogP contribution in [0.25, 0.3) is 0 Å². The molecule has 1 aromatic rings. The average Bonchev–Trinajstić information content (AvgIpc) is 2.19. The lowest BCUT2D eigenvalue weighted by Gasteiger charge is -2.28. The molecule has 0 nitrogen and oxygen atoms in total. The lowest BCUT2D eigenvalue weighted by Crippen LogP contribution is -2.44. The smallest absolute Gasteiger partial charge is 0.0871 e. The number of hydrogen-bond donors (Lipinski definition) is 0. The van der Waals surface area contributed by atoms with Crippen molar-refractivity contribution in [1.82, 2.24) is 0 Å². The molecule has 1 heteroatoms. The van der Waals surface area contributed by atoms with Crippen LogP contribution in [0, 0.1) is 0 Å². The van der Waals surface area contributed by atoms with E-state index in [1.54, 1.807) is 0 Å². The van der Waals surface area contributed by atoms with Gasteiger partial charge in [0, 0.05) is 1.37 Å². The van der Waals surface area contributed by atoms with Crippen molar-refractivity contribution >= 4 is 13.3 Å². The minimum atomic E-state index is -1.75. The van der Waals surface area contributed by atoms with Gasteiger partial charge in [-0.1, -0.05) is 67.7 Å². The first kappa shape index (κ1) is 9.72. The van der Waals surface area contributed by atoms with Crippen LogP contribution < -0.4 is 5.19 Å². The topological polar surface area (TPSA) is 0 Å². The third kappa shape index (κ3) is 2.35. The molecule has 0 aliphatic rings. The molecule has 0 unspecified atom stereocenters. The highest BCUT2D eigenvalue weighted by molar-refractivity contribution is 6.91. The van der Waals surface area contributed by atoms with Crippen molar-refractivity contribution in [2.24, 2.45) is 0 Å². The number of hydrogen-bond acceptors (Lipinski definition) is 0. The molecule has 0 N–H and O–H groups in total. The predicted molar refractivity (Wildman–Crippen MR) is 67.8 cm³/mol. The van der Waals surface area contributed by atoms with Crippen LogP contribution in [0.1, 0.15) is 15.2 Å². The van der Waals surface area contributed by atoms with Crippen LogP contribution in [-0.4, -0.2) is 8.07 Å². The Labute approximate surface area is 90.1 Å². The van der Waals surface area contributed by atoms with Crippen LogP contribution in [0.3, 0.4) is 0 Å². The molecule has 0 saturated carbocycles. The van der Waals surface area contributed by atoms with Crippen molar-refractivity contribution < 1.29 is 1.37 Å². The molecular weight excluding hydrogens is 184 g/mol. The highest BCUT2D eigenvalue weighted by atomic mass is 28.3. The summed E-state index contributed by atoms with van der Waals surface area (Å²) >= 11 is 0. The van der Waals surface area contributed by atoms with Gasteiger partial charge in [0.25, 0.3) is 0 Å². The fraction of sp³-hybridized carbons (Fsp3) is 0.385. The lowest BCUT2D eigenvalue weighted by atomic mass is 10.4. The van der Waals surface area contributed by atoms with Crippen LogP contribution in [0.4, 0.5) is 0 Å². The maximum Gasteiger partial charge on any atom is 0.0871 e. The molecule has 1 aromatic carbocycles. The van der Waals surface area contributed by atoms with E-state index >= 15 is 0 Å². The summed E-state index contributed by atoms with van der Waals surface area (Å²) in [6, 6.07) is 10.5. The second kappa shape index (κ2) is 4.60. The van der Waals surface area contributed by atoms with E-state index in [4.69, 9.17) is 1.37 Å². The Balaban J connectivity index is 3.12. The maximum atomic E-state index is 8.44.